The van der Waals surface area contributed by atoms with Crippen molar-refractivity contribution < 1.29 is 14.4 Å². The Labute approximate surface area is 105 Å². The molecular weight excluding hydrogens is 234 g/mol. The lowest BCUT2D eigenvalue weighted by Crippen LogP contribution is -2.42. The highest BCUT2D eigenvalue weighted by Crippen LogP contribution is 2.14. The van der Waals surface area contributed by atoms with Crippen LogP contribution in [0.2, 0.25) is 0 Å². The molecule has 0 fully saturated rings. The minimum absolute atomic E-state index is 0.279. The van der Waals surface area contributed by atoms with Gasteiger partial charge in [0.15, 0.2) is 0 Å². The van der Waals surface area contributed by atoms with Crippen LogP contribution in [0.15, 0.2) is 24.3 Å². The van der Waals surface area contributed by atoms with Crippen molar-refractivity contribution >= 4 is 23.4 Å². The molecule has 0 saturated heterocycles. The van der Waals surface area contributed by atoms with Crippen molar-refractivity contribution in [3.05, 3.63) is 29.8 Å². The quantitative estimate of drug-likeness (QED) is 0.712. The molecule has 1 rings (SSSR count). The summed E-state index contributed by atoms with van der Waals surface area (Å²) in [6, 6.07) is 5.73. The Morgan fingerprint density at radius 3 is 2.39 bits per heavy atom. The van der Waals surface area contributed by atoms with Crippen LogP contribution in [0.3, 0.4) is 0 Å². The normalized spacial score (nSPS) is 11.4. The third-order valence-electron chi connectivity index (χ3n) is 2.26. The Morgan fingerprint density at radius 2 is 1.83 bits per heavy atom. The Hall–Kier alpha value is -2.37. The molecule has 0 aliphatic carbocycles. The first-order chi connectivity index (χ1) is 8.41. The summed E-state index contributed by atoms with van der Waals surface area (Å²) in [4.78, 5) is 33.8. The van der Waals surface area contributed by atoms with Crippen molar-refractivity contribution in [3.8, 4) is 0 Å². The maximum absolute atomic E-state index is 11.9. The van der Waals surface area contributed by atoms with E-state index in [0.717, 1.165) is 0 Å². The summed E-state index contributed by atoms with van der Waals surface area (Å²) in [6.07, 6.45) is 0. The highest BCUT2D eigenvalue weighted by atomic mass is 16.2. The lowest BCUT2D eigenvalue weighted by atomic mass is 10.1. The van der Waals surface area contributed by atoms with Gasteiger partial charge >= 0.3 is 0 Å². The molecule has 0 aromatic heterocycles. The van der Waals surface area contributed by atoms with Crippen LogP contribution < -0.4 is 16.4 Å². The van der Waals surface area contributed by atoms with Crippen LogP contribution in [0.25, 0.3) is 0 Å². The molecule has 0 bridgehead atoms. The van der Waals surface area contributed by atoms with Crippen LogP contribution in [0.1, 0.15) is 24.2 Å². The SMILES string of the molecule is CC(=O)Nc1ccccc1C(=O)N[C@H](C)C(N)=O. The van der Waals surface area contributed by atoms with Crippen molar-refractivity contribution in [3.63, 3.8) is 0 Å². The summed E-state index contributed by atoms with van der Waals surface area (Å²) in [5.74, 6) is -1.37. The number of carbonyl (C=O) groups is 3. The fourth-order valence-electron chi connectivity index (χ4n) is 1.33. The molecule has 1 aromatic rings. The molecule has 6 nitrogen and oxygen atoms in total. The lowest BCUT2D eigenvalue weighted by Gasteiger charge is -2.13. The van der Waals surface area contributed by atoms with Crippen molar-refractivity contribution in [2.45, 2.75) is 19.9 Å². The second kappa shape index (κ2) is 5.81. The monoisotopic (exact) mass is 249 g/mol. The van der Waals surface area contributed by atoms with Gasteiger partial charge in [0, 0.05) is 6.92 Å². The maximum atomic E-state index is 11.9. The van der Waals surface area contributed by atoms with Gasteiger partial charge in [-0.05, 0) is 19.1 Å². The topological polar surface area (TPSA) is 101 Å². The van der Waals surface area contributed by atoms with E-state index in [0.29, 0.717) is 5.69 Å². The van der Waals surface area contributed by atoms with Crippen molar-refractivity contribution in [1.82, 2.24) is 5.32 Å². The minimum Gasteiger partial charge on any atom is -0.368 e. The molecule has 3 amide bonds. The van der Waals surface area contributed by atoms with Gasteiger partial charge in [-0.25, -0.2) is 0 Å². The average molecular weight is 249 g/mol. The van der Waals surface area contributed by atoms with Gasteiger partial charge in [0.25, 0.3) is 5.91 Å². The van der Waals surface area contributed by atoms with Gasteiger partial charge in [-0.15, -0.1) is 0 Å². The second-order valence-electron chi connectivity index (χ2n) is 3.82. The number of hydrogen-bond donors (Lipinski definition) is 3. The Morgan fingerprint density at radius 1 is 1.22 bits per heavy atom. The number of nitrogens with two attached hydrogens (primary N) is 1. The van der Waals surface area contributed by atoms with Gasteiger partial charge in [-0.1, -0.05) is 12.1 Å². The molecule has 4 N–H and O–H groups in total. The highest BCUT2D eigenvalue weighted by Gasteiger charge is 2.16. The van der Waals surface area contributed by atoms with Crippen LogP contribution in [0.5, 0.6) is 0 Å². The third-order valence-corrected chi connectivity index (χ3v) is 2.26. The predicted molar refractivity (Wildman–Crippen MR) is 66.9 cm³/mol. The number of anilines is 1. The first-order valence-corrected chi connectivity index (χ1v) is 5.38. The zero-order valence-corrected chi connectivity index (χ0v) is 10.2. The van der Waals surface area contributed by atoms with Gasteiger partial charge in [0.05, 0.1) is 11.3 Å². The number of primary amides is 1. The van der Waals surface area contributed by atoms with E-state index in [2.05, 4.69) is 10.6 Å². The van der Waals surface area contributed by atoms with Crippen molar-refractivity contribution in [2.75, 3.05) is 5.32 Å². The van der Waals surface area contributed by atoms with E-state index in [1.807, 2.05) is 0 Å². The van der Waals surface area contributed by atoms with E-state index in [4.69, 9.17) is 5.73 Å². The van der Waals surface area contributed by atoms with Gasteiger partial charge in [-0.3, -0.25) is 14.4 Å². The van der Waals surface area contributed by atoms with E-state index in [1.54, 1.807) is 24.3 Å². The van der Waals surface area contributed by atoms with E-state index in [9.17, 15) is 14.4 Å². The highest BCUT2D eigenvalue weighted by molar-refractivity contribution is 6.04. The van der Waals surface area contributed by atoms with Crippen LogP contribution in [0.4, 0.5) is 5.69 Å². The van der Waals surface area contributed by atoms with Crippen LogP contribution >= 0.6 is 0 Å². The molecule has 96 valence electrons. The van der Waals surface area contributed by atoms with Gasteiger partial charge < -0.3 is 16.4 Å². The van der Waals surface area contributed by atoms with Gasteiger partial charge in [0.1, 0.15) is 6.04 Å². The maximum Gasteiger partial charge on any atom is 0.254 e. The summed E-state index contributed by atoms with van der Waals surface area (Å²) in [5.41, 5.74) is 5.72. The Kier molecular flexibility index (Phi) is 4.42. The van der Waals surface area contributed by atoms with Crippen LogP contribution in [0, 0.1) is 0 Å². The van der Waals surface area contributed by atoms with Crippen molar-refractivity contribution in [2.24, 2.45) is 5.73 Å². The number of benzene rings is 1. The predicted octanol–water partition coefficient (Wildman–Crippen LogP) is 0.249. The number of rotatable bonds is 4. The Balaban J connectivity index is 2.91. The molecule has 0 spiro atoms. The van der Waals surface area contributed by atoms with E-state index in [-0.39, 0.29) is 11.5 Å². The summed E-state index contributed by atoms with van der Waals surface area (Å²) in [7, 11) is 0. The molecule has 0 aliphatic rings. The number of carbonyl (C=O) groups excluding carboxylic acids is 3. The second-order valence-corrected chi connectivity index (χ2v) is 3.82. The summed E-state index contributed by atoms with van der Waals surface area (Å²) in [6.45, 7) is 2.84. The van der Waals surface area contributed by atoms with E-state index < -0.39 is 17.9 Å². The number of para-hydroxylation sites is 1. The molecule has 1 aromatic carbocycles. The minimum atomic E-state index is -0.775. The summed E-state index contributed by atoms with van der Waals surface area (Å²) in [5, 5.41) is 4.99. The standard InChI is InChI=1S/C12H15N3O3/c1-7(11(13)17)14-12(18)9-5-3-4-6-10(9)15-8(2)16/h3-7H,1-2H3,(H2,13,17)(H,14,18)(H,15,16)/t7-/m1/s1. The largest absolute Gasteiger partial charge is 0.368 e. The number of nitrogens with one attached hydrogen (secondary N) is 2. The molecule has 0 aliphatic heterocycles. The van der Waals surface area contributed by atoms with E-state index >= 15 is 0 Å². The number of hydrogen-bond acceptors (Lipinski definition) is 3. The molecule has 0 heterocycles. The molecule has 0 saturated carbocycles. The van der Waals surface area contributed by atoms with Gasteiger partial charge in [-0.2, -0.15) is 0 Å². The smallest absolute Gasteiger partial charge is 0.254 e. The fraction of sp³-hybridized carbons (Fsp3) is 0.250. The summed E-state index contributed by atoms with van der Waals surface area (Å²) >= 11 is 0. The first kappa shape index (κ1) is 13.7. The zero-order chi connectivity index (χ0) is 13.7. The fourth-order valence-corrected chi connectivity index (χ4v) is 1.33. The summed E-state index contributed by atoms with van der Waals surface area (Å²) < 4.78 is 0. The molecule has 6 heteroatoms. The molecule has 0 radical (unpaired) electrons. The molecule has 1 atom stereocenters. The first-order valence-electron chi connectivity index (χ1n) is 5.38. The molecule has 18 heavy (non-hydrogen) atoms. The van der Waals surface area contributed by atoms with Crippen LogP contribution in [-0.4, -0.2) is 23.8 Å². The van der Waals surface area contributed by atoms with E-state index in [1.165, 1.54) is 13.8 Å². The molecular formula is C12H15N3O3. The number of amides is 3. The third kappa shape index (κ3) is 3.58. The molecule has 0 unspecified atom stereocenters. The van der Waals surface area contributed by atoms with Crippen LogP contribution in [-0.2, 0) is 9.59 Å². The van der Waals surface area contributed by atoms with Gasteiger partial charge in [0.2, 0.25) is 11.8 Å². The Bertz CT molecular complexity index is 485. The average Bonchev–Trinajstić information content (AvgIpc) is 2.28. The lowest BCUT2D eigenvalue weighted by molar-refractivity contribution is -0.119. The zero-order valence-electron chi connectivity index (χ0n) is 10.2. The van der Waals surface area contributed by atoms with Crippen molar-refractivity contribution in [1.29, 1.82) is 0 Å².